The van der Waals surface area contributed by atoms with Crippen molar-refractivity contribution in [2.45, 2.75) is 19.8 Å². The van der Waals surface area contributed by atoms with E-state index in [1.165, 1.54) is 6.07 Å². The van der Waals surface area contributed by atoms with E-state index in [2.05, 4.69) is 4.98 Å². The van der Waals surface area contributed by atoms with E-state index in [1.807, 2.05) is 0 Å². The fourth-order valence-corrected chi connectivity index (χ4v) is 3.42. The number of carbonyl (C=O) groups is 3. The second kappa shape index (κ2) is 8.02. The first kappa shape index (κ1) is 19.7. The normalized spacial score (nSPS) is 15.3. The number of aliphatic hydroxyl groups is 1. The summed E-state index contributed by atoms with van der Waals surface area (Å²) in [5, 5.41) is 11.9. The largest absolute Gasteiger partial charge is 0.460 e. The smallest absolute Gasteiger partial charge is 0.379 e. The van der Waals surface area contributed by atoms with Crippen molar-refractivity contribution < 1.29 is 29.1 Å². The predicted molar refractivity (Wildman–Crippen MR) is 105 cm³/mol. The second-order valence-corrected chi connectivity index (χ2v) is 6.58. The molecule has 1 unspecified atom stereocenters. The average molecular weight is 406 g/mol. The van der Waals surface area contributed by atoms with Crippen molar-refractivity contribution in [1.29, 1.82) is 0 Å². The Kier molecular flexibility index (Phi) is 5.26. The lowest BCUT2D eigenvalue weighted by Gasteiger charge is -2.21. The molecule has 0 saturated heterocycles. The molecule has 1 atom stereocenters. The Morgan fingerprint density at radius 2 is 1.93 bits per heavy atom. The number of hydrogen-bond donors (Lipinski definition) is 1. The van der Waals surface area contributed by atoms with Gasteiger partial charge in [-0.3, -0.25) is 19.4 Å². The highest BCUT2D eigenvalue weighted by atomic mass is 16.7. The van der Waals surface area contributed by atoms with Gasteiger partial charge in [-0.15, -0.1) is 0 Å². The Bertz CT molecular complexity index is 1160. The molecule has 3 aromatic rings. The number of nitrogens with zero attached hydrogens (tertiary/aromatic N) is 2. The lowest BCUT2D eigenvalue weighted by atomic mass is 9.99. The van der Waals surface area contributed by atoms with E-state index < -0.39 is 23.9 Å². The van der Waals surface area contributed by atoms with Gasteiger partial charge in [0.2, 0.25) is 0 Å². The van der Waals surface area contributed by atoms with Crippen LogP contribution in [-0.2, 0) is 21.0 Å². The van der Waals surface area contributed by atoms with Crippen molar-refractivity contribution in [3.63, 3.8) is 0 Å². The monoisotopic (exact) mass is 406 g/mol. The summed E-state index contributed by atoms with van der Waals surface area (Å²) in [7, 11) is 0. The molecule has 30 heavy (non-hydrogen) atoms. The summed E-state index contributed by atoms with van der Waals surface area (Å²) in [5.41, 5.74) is 1.83. The van der Waals surface area contributed by atoms with Crippen molar-refractivity contribution in [2.24, 2.45) is 0 Å². The minimum atomic E-state index is -1.27. The first-order valence-corrected chi connectivity index (χ1v) is 9.34. The number of ether oxygens (including phenoxy) is 1. The number of hydrogen-bond acceptors (Lipinski definition) is 7. The maximum absolute atomic E-state index is 12.6. The maximum atomic E-state index is 12.6. The molecule has 0 aliphatic carbocycles. The zero-order chi connectivity index (χ0) is 21.3. The summed E-state index contributed by atoms with van der Waals surface area (Å²) < 4.78 is 4.83. The molecule has 1 aromatic heterocycles. The highest BCUT2D eigenvalue weighted by Crippen LogP contribution is 2.33. The molecule has 1 amide bonds. The van der Waals surface area contributed by atoms with Gasteiger partial charge in [0.05, 0.1) is 12.1 Å². The number of rotatable bonds is 6. The molecule has 1 aliphatic rings. The molecule has 2 heterocycles. The van der Waals surface area contributed by atoms with Gasteiger partial charge >= 0.3 is 5.97 Å². The van der Waals surface area contributed by atoms with Crippen LogP contribution in [0.5, 0.6) is 0 Å². The first-order chi connectivity index (χ1) is 14.5. The van der Waals surface area contributed by atoms with Gasteiger partial charge in [-0.1, -0.05) is 24.3 Å². The Morgan fingerprint density at radius 1 is 1.13 bits per heavy atom. The van der Waals surface area contributed by atoms with E-state index >= 15 is 0 Å². The molecule has 0 fully saturated rings. The molecule has 0 radical (unpaired) electrons. The summed E-state index contributed by atoms with van der Waals surface area (Å²) >= 11 is 0. The third-order valence-corrected chi connectivity index (χ3v) is 4.84. The molecule has 1 N–H and O–H groups in total. The van der Waals surface area contributed by atoms with Crippen molar-refractivity contribution in [2.75, 3.05) is 6.61 Å². The first-order valence-electron chi connectivity index (χ1n) is 9.34. The van der Waals surface area contributed by atoms with E-state index in [0.29, 0.717) is 27.6 Å². The number of ketones is 1. The molecule has 0 saturated carbocycles. The van der Waals surface area contributed by atoms with Crippen LogP contribution in [0.2, 0.25) is 0 Å². The van der Waals surface area contributed by atoms with Crippen LogP contribution in [0.3, 0.4) is 0 Å². The zero-order valence-corrected chi connectivity index (χ0v) is 16.1. The topological polar surface area (TPSA) is 106 Å². The fraction of sp³-hybridized carbons (Fsp3) is 0.182. The molecule has 0 bridgehead atoms. The molecule has 152 valence electrons. The quantitative estimate of drug-likeness (QED) is 0.381. The highest BCUT2D eigenvalue weighted by Gasteiger charge is 2.37. The number of amides is 1. The third kappa shape index (κ3) is 3.32. The summed E-state index contributed by atoms with van der Waals surface area (Å²) in [5.74, 6) is -2.29. The number of fused-ring (bicyclic) bond motifs is 2. The van der Waals surface area contributed by atoms with Gasteiger partial charge in [0.1, 0.15) is 6.61 Å². The number of aromatic nitrogens is 1. The van der Waals surface area contributed by atoms with Crippen LogP contribution >= 0.6 is 0 Å². The number of aliphatic hydroxyl groups excluding tert-OH is 1. The van der Waals surface area contributed by atoms with E-state index in [-0.39, 0.29) is 18.8 Å². The predicted octanol–water partition coefficient (Wildman–Crippen LogP) is 2.56. The van der Waals surface area contributed by atoms with Gasteiger partial charge in [-0.05, 0) is 31.2 Å². The van der Waals surface area contributed by atoms with Crippen LogP contribution in [0.1, 0.15) is 45.0 Å². The number of hydroxylamine groups is 2. The van der Waals surface area contributed by atoms with Crippen molar-refractivity contribution >= 4 is 28.6 Å². The van der Waals surface area contributed by atoms with Crippen molar-refractivity contribution in [1.82, 2.24) is 10.0 Å². The SMILES string of the molecule is CCOC(=O)C(=O)c1ccc2ncccc2c1CON1C(=O)c2ccccc2C1O. The summed E-state index contributed by atoms with van der Waals surface area (Å²) in [6.45, 7) is 1.44. The van der Waals surface area contributed by atoms with Crippen molar-refractivity contribution in [3.8, 4) is 0 Å². The number of pyridine rings is 1. The number of benzene rings is 2. The number of carbonyl (C=O) groups excluding carboxylic acids is 3. The Labute approximate surface area is 171 Å². The van der Waals surface area contributed by atoms with Crippen molar-refractivity contribution in [3.05, 3.63) is 77.0 Å². The van der Waals surface area contributed by atoms with Crippen LogP contribution in [0, 0.1) is 0 Å². The van der Waals surface area contributed by atoms with Gasteiger partial charge in [0, 0.05) is 33.8 Å². The number of Topliss-reactive ketones (excluding diaryl/α,β-unsaturated/α-hetero) is 1. The minimum absolute atomic E-state index is 0.0677. The van der Waals surface area contributed by atoms with Gasteiger partial charge in [0.15, 0.2) is 6.23 Å². The Hall–Kier alpha value is -3.62. The highest BCUT2D eigenvalue weighted by molar-refractivity contribution is 6.41. The van der Waals surface area contributed by atoms with Crippen LogP contribution in [0.15, 0.2) is 54.7 Å². The fourth-order valence-electron chi connectivity index (χ4n) is 3.42. The number of esters is 1. The Balaban J connectivity index is 1.68. The lowest BCUT2D eigenvalue weighted by Crippen LogP contribution is -2.28. The Morgan fingerprint density at radius 3 is 2.70 bits per heavy atom. The standard InChI is InChI=1S/C22H18N2O6/c1-2-29-22(28)19(25)14-9-10-18-13(8-5-11-23-18)17(14)12-30-24-20(26)15-6-3-4-7-16(15)21(24)27/h3-11,20,26H,2,12H2,1H3. The van der Waals surface area contributed by atoms with Gasteiger partial charge in [-0.25, -0.2) is 4.79 Å². The molecule has 1 aliphatic heterocycles. The summed E-state index contributed by atoms with van der Waals surface area (Å²) in [4.78, 5) is 47.1. The zero-order valence-electron chi connectivity index (χ0n) is 16.1. The molecular formula is C22H18N2O6. The lowest BCUT2D eigenvalue weighted by molar-refractivity contribution is -0.206. The van der Waals surface area contributed by atoms with Crippen LogP contribution in [0.25, 0.3) is 10.9 Å². The van der Waals surface area contributed by atoms with Gasteiger partial charge < -0.3 is 9.84 Å². The molecule has 2 aromatic carbocycles. The van der Waals surface area contributed by atoms with E-state index in [9.17, 15) is 19.5 Å². The molecule has 8 heteroatoms. The molecular weight excluding hydrogens is 388 g/mol. The molecule has 8 nitrogen and oxygen atoms in total. The average Bonchev–Trinajstić information content (AvgIpc) is 3.01. The summed E-state index contributed by atoms with van der Waals surface area (Å²) in [6.07, 6.45) is 0.329. The van der Waals surface area contributed by atoms with E-state index in [0.717, 1.165) is 5.06 Å². The van der Waals surface area contributed by atoms with Crippen LogP contribution < -0.4 is 0 Å². The van der Waals surface area contributed by atoms with Crippen LogP contribution in [0.4, 0.5) is 0 Å². The van der Waals surface area contributed by atoms with E-state index in [4.69, 9.17) is 9.57 Å². The maximum Gasteiger partial charge on any atom is 0.379 e. The third-order valence-electron chi connectivity index (χ3n) is 4.84. The van der Waals surface area contributed by atoms with Gasteiger partial charge in [-0.2, -0.15) is 5.06 Å². The van der Waals surface area contributed by atoms with Gasteiger partial charge in [0.25, 0.3) is 11.7 Å². The second-order valence-electron chi connectivity index (χ2n) is 6.58. The molecule has 4 rings (SSSR count). The van der Waals surface area contributed by atoms with Crippen LogP contribution in [-0.4, -0.2) is 39.4 Å². The molecule has 0 spiro atoms. The summed E-state index contributed by atoms with van der Waals surface area (Å²) in [6, 6.07) is 13.2. The van der Waals surface area contributed by atoms with E-state index in [1.54, 1.807) is 55.6 Å². The minimum Gasteiger partial charge on any atom is -0.460 e.